The molecule has 8 N–H and O–H groups in total. The molecule has 9 rings (SSSR count). The van der Waals surface area contributed by atoms with Crippen LogP contribution in [0.4, 0.5) is 0 Å². The molecule has 54 heavy (non-hydrogen) atoms. The third-order valence-electron chi connectivity index (χ3n) is 17.7. The maximum atomic E-state index is 12.4. The smallest absolute Gasteiger partial charge is 0.224 e. The van der Waals surface area contributed by atoms with Crippen LogP contribution < -0.4 is 0 Å². The summed E-state index contributed by atoms with van der Waals surface area (Å²) in [6, 6.07) is 0. The van der Waals surface area contributed by atoms with Gasteiger partial charge in [-0.2, -0.15) is 0 Å². The van der Waals surface area contributed by atoms with Crippen molar-refractivity contribution in [2.24, 2.45) is 44.8 Å². The van der Waals surface area contributed by atoms with Gasteiger partial charge in [-0.3, -0.25) is 0 Å². The quantitative estimate of drug-likeness (QED) is 0.181. The first kappa shape index (κ1) is 38.9. The van der Waals surface area contributed by atoms with Gasteiger partial charge in [0.2, 0.25) is 5.79 Å². The second-order valence-electron chi connectivity index (χ2n) is 21.0. The molecule has 5 aliphatic carbocycles. The van der Waals surface area contributed by atoms with Crippen molar-refractivity contribution < 1.29 is 69.3 Å². The summed E-state index contributed by atoms with van der Waals surface area (Å²) in [6.07, 6.45) is -6.67. The minimum Gasteiger partial charge on any atom is -0.393 e. The number of rotatable bonds is 5. The fraction of sp³-hybridized carbons (Fsp3) is 1.00. The maximum absolute atomic E-state index is 12.4. The molecule has 9 aliphatic rings. The van der Waals surface area contributed by atoms with E-state index in [0.29, 0.717) is 19.3 Å². The van der Waals surface area contributed by atoms with Crippen molar-refractivity contribution in [3.05, 3.63) is 0 Å². The molecule has 0 aromatic rings. The Morgan fingerprint density at radius 3 is 2.04 bits per heavy atom. The molecule has 308 valence electrons. The normalized spacial score (nSPS) is 61.5. The number of hydrogen-bond donors (Lipinski definition) is 8. The average molecular weight is 769 g/mol. The summed E-state index contributed by atoms with van der Waals surface area (Å²) in [4.78, 5) is 0. The van der Waals surface area contributed by atoms with E-state index in [-0.39, 0.29) is 58.7 Å². The first-order valence-electron chi connectivity index (χ1n) is 20.4. The minimum absolute atomic E-state index is 0.0260. The van der Waals surface area contributed by atoms with Crippen LogP contribution in [0.2, 0.25) is 0 Å². The topological polar surface area (TPSA) is 217 Å². The van der Waals surface area contributed by atoms with E-state index in [9.17, 15) is 40.9 Å². The number of hydrogen-bond acceptors (Lipinski definition) is 14. The number of fused-ring (bicyclic) bond motifs is 7. The molecule has 0 radical (unpaired) electrons. The van der Waals surface area contributed by atoms with E-state index >= 15 is 0 Å². The molecule has 4 aliphatic heterocycles. The fourth-order valence-corrected chi connectivity index (χ4v) is 15.3. The molecular weight excluding hydrogens is 704 g/mol. The van der Waals surface area contributed by atoms with Crippen LogP contribution in [0.25, 0.3) is 0 Å². The number of aliphatic hydroxyl groups excluding tert-OH is 7. The highest BCUT2D eigenvalue weighted by Crippen LogP contribution is 2.89. The SMILES string of the molecule is CC1(C)[C@@H](O[C@@H]2OC[C@@H](O)[C@H](O)[C@@H]2O[C@@H]2OC[C@H](O)[C@H](O)[C@H]2O)CC[C@]23C[C@]24CC[C@]2(C)[C@@H]5[C@H](C[C@@]2(C)[C@@H]4C[C@H](O)[C@@H]13)O[C@@]1(C(C)(C)O)O[C@]5(C)C[C@@H]1O. The summed E-state index contributed by atoms with van der Waals surface area (Å²) in [5, 5.41) is 87.4. The van der Waals surface area contributed by atoms with Gasteiger partial charge in [-0.15, -0.1) is 0 Å². The zero-order valence-electron chi connectivity index (χ0n) is 32.8. The summed E-state index contributed by atoms with van der Waals surface area (Å²) in [6.45, 7) is 14.0. The van der Waals surface area contributed by atoms with Gasteiger partial charge in [0.25, 0.3) is 0 Å². The predicted octanol–water partition coefficient (Wildman–Crippen LogP) is 0.700. The summed E-state index contributed by atoms with van der Waals surface area (Å²) in [7, 11) is 0. The lowest BCUT2D eigenvalue weighted by molar-refractivity contribution is -0.397. The molecule has 0 aromatic carbocycles. The van der Waals surface area contributed by atoms with Gasteiger partial charge >= 0.3 is 0 Å². The maximum Gasteiger partial charge on any atom is 0.224 e. The summed E-state index contributed by atoms with van der Waals surface area (Å²) in [5.41, 5.74) is -2.98. The highest BCUT2D eigenvalue weighted by molar-refractivity contribution is 5.34. The molecule has 4 saturated heterocycles. The molecule has 5 saturated carbocycles. The van der Waals surface area contributed by atoms with Gasteiger partial charge in [-0.1, -0.05) is 27.7 Å². The molecule has 0 aromatic heterocycles. The van der Waals surface area contributed by atoms with Crippen LogP contribution in [-0.4, -0.2) is 145 Å². The monoisotopic (exact) mass is 768 g/mol. The fourth-order valence-electron chi connectivity index (χ4n) is 15.3. The van der Waals surface area contributed by atoms with Gasteiger partial charge in [0.1, 0.15) is 48.3 Å². The highest BCUT2D eigenvalue weighted by atomic mass is 16.8. The van der Waals surface area contributed by atoms with Gasteiger partial charge in [0.05, 0.1) is 37.1 Å². The van der Waals surface area contributed by atoms with Crippen molar-refractivity contribution in [2.45, 2.75) is 190 Å². The van der Waals surface area contributed by atoms with E-state index in [1.165, 1.54) is 0 Å². The largest absolute Gasteiger partial charge is 0.393 e. The van der Waals surface area contributed by atoms with Gasteiger partial charge < -0.3 is 69.3 Å². The third kappa shape index (κ3) is 4.72. The first-order chi connectivity index (χ1) is 25.0. The van der Waals surface area contributed by atoms with E-state index in [0.717, 1.165) is 32.1 Å². The number of ether oxygens (including phenoxy) is 6. The molecule has 2 bridgehead atoms. The van der Waals surface area contributed by atoms with E-state index in [4.69, 9.17) is 28.4 Å². The molecule has 4 heterocycles. The van der Waals surface area contributed by atoms with Crippen LogP contribution >= 0.6 is 0 Å². The van der Waals surface area contributed by atoms with Crippen LogP contribution in [0.5, 0.6) is 0 Å². The van der Waals surface area contributed by atoms with Gasteiger partial charge in [0.15, 0.2) is 12.6 Å². The van der Waals surface area contributed by atoms with Crippen molar-refractivity contribution >= 4 is 0 Å². The molecule has 14 heteroatoms. The Labute approximate surface area is 317 Å². The van der Waals surface area contributed by atoms with Crippen molar-refractivity contribution in [2.75, 3.05) is 13.2 Å². The Morgan fingerprint density at radius 1 is 0.685 bits per heavy atom. The zero-order valence-corrected chi connectivity index (χ0v) is 32.8. The lowest BCUT2D eigenvalue weighted by Crippen LogP contribution is -2.66. The van der Waals surface area contributed by atoms with Gasteiger partial charge in [-0.25, -0.2) is 0 Å². The molecule has 9 fully saturated rings. The van der Waals surface area contributed by atoms with Crippen molar-refractivity contribution in [1.82, 2.24) is 0 Å². The second kappa shape index (κ2) is 11.8. The Morgan fingerprint density at radius 2 is 1.35 bits per heavy atom. The standard InChI is InChI=1S/C40H64O14/c1-33(2)24(51-32-28(26(46)20(43)16-50-32)52-31-27(47)25(45)19(42)15-49-31)8-9-39-17-38(39)11-10-35(5)30-21(13-36(35,6)22(38)12-18(41)29(33)39)53-40(34(3,4)48)23(44)14-37(30,7)54-40/h18-32,41-48H,8-17H2,1-7H3/t18-,19-,20+,21-,22-,23-,24-,25-,26-,27+,28-,29-,30-,31-,32-,35+,36-,37+,38-,39+,40+/m0/s1. The molecule has 0 amide bonds. The Kier molecular flexibility index (Phi) is 8.51. The van der Waals surface area contributed by atoms with Gasteiger partial charge in [0, 0.05) is 12.3 Å². The third-order valence-corrected chi connectivity index (χ3v) is 17.7. The highest BCUT2D eigenvalue weighted by Gasteiger charge is 2.86. The van der Waals surface area contributed by atoms with Crippen LogP contribution in [0, 0.1) is 44.8 Å². The molecule has 0 unspecified atom stereocenters. The molecule has 14 nitrogen and oxygen atoms in total. The van der Waals surface area contributed by atoms with Crippen LogP contribution in [0.3, 0.4) is 0 Å². The lowest BCUT2D eigenvalue weighted by Gasteiger charge is -2.65. The molecular formula is C40H64O14. The van der Waals surface area contributed by atoms with E-state index in [1.807, 2.05) is 0 Å². The van der Waals surface area contributed by atoms with Gasteiger partial charge in [-0.05, 0) is 105 Å². The van der Waals surface area contributed by atoms with Crippen LogP contribution in [0.15, 0.2) is 0 Å². The summed E-state index contributed by atoms with van der Waals surface area (Å²) < 4.78 is 37.6. The Bertz CT molecular complexity index is 1510. The molecule has 2 spiro atoms. The van der Waals surface area contributed by atoms with Crippen molar-refractivity contribution in [3.8, 4) is 0 Å². The minimum atomic E-state index is -1.60. The average Bonchev–Trinajstić information content (AvgIpc) is 3.57. The Hall–Kier alpha value is -0.560. The molecule has 21 atom stereocenters. The van der Waals surface area contributed by atoms with Crippen LogP contribution in [0.1, 0.15) is 99.8 Å². The van der Waals surface area contributed by atoms with Crippen LogP contribution in [-0.2, 0) is 28.4 Å². The summed E-state index contributed by atoms with van der Waals surface area (Å²) in [5.74, 6) is -1.29. The van der Waals surface area contributed by atoms with Crippen molar-refractivity contribution in [1.29, 1.82) is 0 Å². The zero-order chi connectivity index (χ0) is 39.0. The second-order valence-corrected chi connectivity index (χ2v) is 21.0. The number of aliphatic hydroxyl groups is 8. The van der Waals surface area contributed by atoms with E-state index < -0.39 is 89.9 Å². The van der Waals surface area contributed by atoms with E-state index in [2.05, 4.69) is 34.6 Å². The Balaban J connectivity index is 0.969. The predicted molar refractivity (Wildman–Crippen MR) is 187 cm³/mol. The van der Waals surface area contributed by atoms with E-state index in [1.54, 1.807) is 13.8 Å². The first-order valence-corrected chi connectivity index (χ1v) is 20.4. The lowest BCUT2D eigenvalue weighted by atomic mass is 9.41. The van der Waals surface area contributed by atoms with Crippen molar-refractivity contribution in [3.63, 3.8) is 0 Å². The summed E-state index contributed by atoms with van der Waals surface area (Å²) >= 11 is 0.